The lowest BCUT2D eigenvalue weighted by Gasteiger charge is -2.30. The molecule has 0 saturated carbocycles. The Bertz CT molecular complexity index is 579. The first-order valence-electron chi connectivity index (χ1n) is 7.85. The second kappa shape index (κ2) is 6.76. The number of aromatic nitrogens is 1. The summed E-state index contributed by atoms with van der Waals surface area (Å²) in [6, 6.07) is 10.7. The summed E-state index contributed by atoms with van der Waals surface area (Å²) in [6.07, 6.45) is 3.51. The van der Waals surface area contributed by atoms with Crippen molar-refractivity contribution in [2.24, 2.45) is 0 Å². The van der Waals surface area contributed by atoms with Crippen molar-refractivity contribution in [2.75, 3.05) is 18.0 Å². The Morgan fingerprint density at radius 3 is 3.14 bits per heavy atom. The van der Waals surface area contributed by atoms with Crippen LogP contribution in [-0.2, 0) is 19.5 Å². The molecular weight excluding hydrogens is 262 g/mol. The molecule has 0 atom stereocenters. The average molecular weight is 285 g/mol. The number of hydrogen-bond acceptors (Lipinski definition) is 4. The highest BCUT2D eigenvalue weighted by atomic mass is 16.5. The largest absolute Gasteiger partial charge is 0.364 e. The van der Waals surface area contributed by atoms with Gasteiger partial charge in [0, 0.05) is 24.8 Å². The molecule has 3 rings (SSSR count). The van der Waals surface area contributed by atoms with Crippen molar-refractivity contribution in [3.8, 4) is 0 Å². The number of para-hydroxylation sites is 1. The zero-order valence-corrected chi connectivity index (χ0v) is 12.6. The molecule has 0 aliphatic carbocycles. The Hall–Kier alpha value is -1.81. The first kappa shape index (κ1) is 14.1. The molecule has 0 radical (unpaired) electrons. The summed E-state index contributed by atoms with van der Waals surface area (Å²) in [7, 11) is 0. The van der Waals surface area contributed by atoms with Crippen LogP contribution in [0.4, 0.5) is 5.69 Å². The van der Waals surface area contributed by atoms with E-state index in [4.69, 9.17) is 4.52 Å². The molecule has 112 valence electrons. The van der Waals surface area contributed by atoms with Gasteiger partial charge in [-0.2, -0.15) is 0 Å². The van der Waals surface area contributed by atoms with Gasteiger partial charge in [-0.1, -0.05) is 30.3 Å². The van der Waals surface area contributed by atoms with Crippen LogP contribution >= 0.6 is 0 Å². The third-order valence-electron chi connectivity index (χ3n) is 3.89. The number of fused-ring (bicyclic) bond motifs is 1. The minimum atomic E-state index is 0.786. The molecule has 0 fully saturated rings. The Kier molecular flexibility index (Phi) is 4.55. The zero-order valence-electron chi connectivity index (χ0n) is 12.6. The van der Waals surface area contributed by atoms with E-state index in [0.717, 1.165) is 44.1 Å². The highest BCUT2D eigenvalue weighted by Crippen LogP contribution is 2.28. The van der Waals surface area contributed by atoms with Crippen LogP contribution in [0.15, 0.2) is 34.9 Å². The normalized spacial score (nSPS) is 14.2. The van der Waals surface area contributed by atoms with Gasteiger partial charge in [0.05, 0.1) is 12.2 Å². The van der Waals surface area contributed by atoms with Crippen molar-refractivity contribution in [2.45, 2.75) is 39.3 Å². The summed E-state index contributed by atoms with van der Waals surface area (Å²) >= 11 is 0. The van der Waals surface area contributed by atoms with Crippen molar-refractivity contribution in [3.63, 3.8) is 0 Å². The van der Waals surface area contributed by atoms with E-state index >= 15 is 0 Å². The van der Waals surface area contributed by atoms with Crippen LogP contribution in [0.2, 0.25) is 0 Å². The molecule has 0 saturated heterocycles. The number of nitrogens with one attached hydrogen (secondary N) is 1. The van der Waals surface area contributed by atoms with Crippen molar-refractivity contribution in [1.29, 1.82) is 0 Å². The highest BCUT2D eigenvalue weighted by Gasteiger charge is 2.18. The molecule has 0 spiro atoms. The molecule has 1 aromatic carbocycles. The summed E-state index contributed by atoms with van der Waals surface area (Å²) in [5.74, 6) is 0.944. The maximum absolute atomic E-state index is 5.48. The second-order valence-electron chi connectivity index (χ2n) is 5.62. The lowest BCUT2D eigenvalue weighted by Crippen LogP contribution is -2.28. The van der Waals surface area contributed by atoms with Gasteiger partial charge in [0.25, 0.3) is 0 Å². The number of anilines is 1. The van der Waals surface area contributed by atoms with Crippen molar-refractivity contribution in [1.82, 2.24) is 10.5 Å². The van der Waals surface area contributed by atoms with Crippen LogP contribution < -0.4 is 10.2 Å². The maximum atomic E-state index is 5.48. The summed E-state index contributed by atoms with van der Waals surface area (Å²) in [6.45, 7) is 5.85. The van der Waals surface area contributed by atoms with Gasteiger partial charge in [-0.3, -0.25) is 0 Å². The van der Waals surface area contributed by atoms with E-state index in [9.17, 15) is 0 Å². The highest BCUT2D eigenvalue weighted by molar-refractivity contribution is 5.55. The Balaban J connectivity index is 1.65. The molecule has 1 aromatic heterocycles. The van der Waals surface area contributed by atoms with Crippen molar-refractivity contribution >= 4 is 5.69 Å². The van der Waals surface area contributed by atoms with Gasteiger partial charge in [0.15, 0.2) is 5.76 Å². The molecule has 0 amide bonds. The standard InChI is InChI=1S/C17H23N3O/c1-2-9-18-12-15-11-16(21-19-15)13-20-10-5-7-14-6-3-4-8-17(14)20/h3-4,6,8,11,18H,2,5,7,9-10,12-13H2,1H3. The predicted molar refractivity (Wildman–Crippen MR) is 84.3 cm³/mol. The van der Waals surface area contributed by atoms with E-state index in [2.05, 4.69) is 52.6 Å². The molecule has 2 aromatic rings. The van der Waals surface area contributed by atoms with Crippen molar-refractivity contribution in [3.05, 3.63) is 47.3 Å². The molecule has 1 N–H and O–H groups in total. The summed E-state index contributed by atoms with van der Waals surface area (Å²) in [5.41, 5.74) is 3.77. The van der Waals surface area contributed by atoms with Gasteiger partial charge in [0.2, 0.25) is 0 Å². The minimum Gasteiger partial charge on any atom is -0.364 e. The number of benzene rings is 1. The fourth-order valence-electron chi connectivity index (χ4n) is 2.87. The summed E-state index contributed by atoms with van der Waals surface area (Å²) < 4.78 is 5.48. The SMILES string of the molecule is CCCNCc1cc(CN2CCCc3ccccc32)on1. The van der Waals surface area contributed by atoms with Gasteiger partial charge in [-0.25, -0.2) is 0 Å². The van der Waals surface area contributed by atoms with E-state index in [0.29, 0.717) is 0 Å². The Morgan fingerprint density at radius 2 is 2.24 bits per heavy atom. The Labute approximate surface area is 126 Å². The molecule has 1 aliphatic heterocycles. The smallest absolute Gasteiger partial charge is 0.156 e. The topological polar surface area (TPSA) is 41.3 Å². The average Bonchev–Trinajstić information content (AvgIpc) is 2.96. The minimum absolute atomic E-state index is 0.786. The third-order valence-corrected chi connectivity index (χ3v) is 3.89. The van der Waals surface area contributed by atoms with Crippen LogP contribution in [0, 0.1) is 0 Å². The number of nitrogens with zero attached hydrogens (tertiary/aromatic N) is 2. The monoisotopic (exact) mass is 285 g/mol. The van der Waals surface area contributed by atoms with E-state index in [1.165, 1.54) is 24.1 Å². The van der Waals surface area contributed by atoms with Gasteiger partial charge >= 0.3 is 0 Å². The number of aryl methyl sites for hydroxylation is 1. The first-order valence-corrected chi connectivity index (χ1v) is 7.85. The first-order chi connectivity index (χ1) is 10.4. The fourth-order valence-corrected chi connectivity index (χ4v) is 2.87. The van der Waals surface area contributed by atoms with Gasteiger partial charge in [-0.05, 0) is 37.4 Å². The maximum Gasteiger partial charge on any atom is 0.156 e. The number of hydrogen-bond donors (Lipinski definition) is 1. The quantitative estimate of drug-likeness (QED) is 0.828. The summed E-state index contributed by atoms with van der Waals surface area (Å²) in [5, 5.41) is 7.49. The van der Waals surface area contributed by atoms with Crippen LogP contribution in [0.3, 0.4) is 0 Å². The third kappa shape index (κ3) is 3.45. The van der Waals surface area contributed by atoms with Gasteiger partial charge in [0.1, 0.15) is 0 Å². The molecule has 0 unspecified atom stereocenters. The molecule has 1 aliphatic rings. The number of rotatable bonds is 6. The molecule has 0 bridgehead atoms. The van der Waals surface area contributed by atoms with E-state index in [1.807, 2.05) is 0 Å². The predicted octanol–water partition coefficient (Wildman–Crippen LogP) is 3.13. The molecular formula is C17H23N3O. The zero-order chi connectivity index (χ0) is 14.5. The van der Waals surface area contributed by atoms with Gasteiger partial charge in [-0.15, -0.1) is 0 Å². The molecule has 4 heteroatoms. The van der Waals surface area contributed by atoms with E-state index in [1.54, 1.807) is 0 Å². The van der Waals surface area contributed by atoms with Crippen molar-refractivity contribution < 1.29 is 4.52 Å². The fraction of sp³-hybridized carbons (Fsp3) is 0.471. The molecule has 2 heterocycles. The molecule has 4 nitrogen and oxygen atoms in total. The van der Waals surface area contributed by atoms with Gasteiger partial charge < -0.3 is 14.7 Å². The van der Waals surface area contributed by atoms with Crippen LogP contribution in [0.25, 0.3) is 0 Å². The van der Waals surface area contributed by atoms with Crippen LogP contribution in [0.5, 0.6) is 0 Å². The summed E-state index contributed by atoms with van der Waals surface area (Å²) in [4.78, 5) is 2.39. The van der Waals surface area contributed by atoms with Crippen LogP contribution in [-0.4, -0.2) is 18.2 Å². The Morgan fingerprint density at radius 1 is 1.33 bits per heavy atom. The lowest BCUT2D eigenvalue weighted by atomic mass is 10.0. The van der Waals surface area contributed by atoms with Crippen LogP contribution in [0.1, 0.15) is 36.8 Å². The van der Waals surface area contributed by atoms with E-state index < -0.39 is 0 Å². The second-order valence-corrected chi connectivity index (χ2v) is 5.62. The lowest BCUT2D eigenvalue weighted by molar-refractivity contribution is 0.372. The molecule has 21 heavy (non-hydrogen) atoms. The van der Waals surface area contributed by atoms with E-state index in [-0.39, 0.29) is 0 Å².